The van der Waals surface area contributed by atoms with Crippen LogP contribution < -0.4 is 0 Å². The number of hydrogen-bond acceptors (Lipinski definition) is 4. The van der Waals surface area contributed by atoms with Gasteiger partial charge in [-0.05, 0) is 29.0 Å². The van der Waals surface area contributed by atoms with Gasteiger partial charge in [-0.2, -0.15) is 5.26 Å². The van der Waals surface area contributed by atoms with Crippen molar-refractivity contribution in [1.82, 2.24) is 9.88 Å². The molecule has 0 saturated carbocycles. The molecule has 2 aromatic carbocycles. The van der Waals surface area contributed by atoms with Gasteiger partial charge in [0, 0.05) is 42.8 Å². The van der Waals surface area contributed by atoms with Gasteiger partial charge in [0.25, 0.3) is 5.92 Å². The average Bonchev–Trinajstić information content (AvgIpc) is 3.15. The van der Waals surface area contributed by atoms with Crippen LogP contribution in [0.15, 0.2) is 60.9 Å². The number of halogens is 2. The van der Waals surface area contributed by atoms with Gasteiger partial charge in [0.15, 0.2) is 5.78 Å². The molecule has 1 aliphatic rings. The minimum atomic E-state index is -3.09. The number of alkyl halides is 2. The van der Waals surface area contributed by atoms with E-state index in [4.69, 9.17) is 5.26 Å². The Hall–Kier alpha value is -4.10. The first-order valence-corrected chi connectivity index (χ1v) is 10.4. The summed E-state index contributed by atoms with van der Waals surface area (Å²) in [6.07, 6.45) is 1.83. The van der Waals surface area contributed by atoms with Crippen LogP contribution in [0.1, 0.15) is 40.7 Å². The number of hydrogen-bond donors (Lipinski definition) is 0. The molecule has 1 fully saturated rings. The van der Waals surface area contributed by atoms with Crippen LogP contribution in [-0.2, 0) is 4.79 Å². The first kappa shape index (κ1) is 22.1. The van der Waals surface area contributed by atoms with Crippen molar-refractivity contribution in [3.05, 3.63) is 77.6 Å². The fraction of sp³-hybridized carbons (Fsp3) is 0.231. The molecule has 1 amide bonds. The molecule has 2 heterocycles. The van der Waals surface area contributed by atoms with Crippen molar-refractivity contribution < 1.29 is 18.4 Å². The predicted molar refractivity (Wildman–Crippen MR) is 118 cm³/mol. The first-order chi connectivity index (χ1) is 15.9. The van der Waals surface area contributed by atoms with Crippen LogP contribution in [0.25, 0.3) is 10.8 Å². The SMILES string of the molecule is N#C[C@@H]1CC(F)(F)CN1C(=O)CCC(=O)c1ccncc1C#Cc1ccc2ccccc2c1. The molecule has 3 aromatic rings. The number of ketones is 1. The number of aromatic nitrogens is 1. The van der Waals surface area contributed by atoms with Crippen molar-refractivity contribution >= 4 is 22.5 Å². The van der Waals surface area contributed by atoms with Gasteiger partial charge in [-0.1, -0.05) is 42.2 Å². The standard InChI is InChI=1S/C26H19F2N3O2/c27-26(28)14-22(15-29)31(17-26)25(33)10-9-24(32)23-11-12-30-16-21(23)8-6-18-5-7-19-3-1-2-4-20(19)13-18/h1-5,7,11-13,16,22H,9-10,14,17H2/t22-/m0/s1. The molecule has 7 heteroatoms. The highest BCUT2D eigenvalue weighted by molar-refractivity contribution is 6.00. The van der Waals surface area contributed by atoms with Crippen LogP contribution in [0, 0.1) is 23.2 Å². The highest BCUT2D eigenvalue weighted by atomic mass is 19.3. The number of carbonyl (C=O) groups excluding carboxylic acids is 2. The topological polar surface area (TPSA) is 74.1 Å². The molecule has 0 N–H and O–H groups in total. The Balaban J connectivity index is 1.47. The molecular formula is C26H19F2N3O2. The zero-order valence-electron chi connectivity index (χ0n) is 17.6. The van der Waals surface area contributed by atoms with E-state index in [-0.39, 0.29) is 18.6 Å². The van der Waals surface area contributed by atoms with Gasteiger partial charge in [-0.25, -0.2) is 8.78 Å². The zero-order valence-corrected chi connectivity index (χ0v) is 17.6. The van der Waals surface area contributed by atoms with Gasteiger partial charge in [0.2, 0.25) is 5.91 Å². The van der Waals surface area contributed by atoms with E-state index in [1.54, 1.807) is 6.07 Å². The molecule has 1 saturated heterocycles. The lowest BCUT2D eigenvalue weighted by atomic mass is 10.0. The number of fused-ring (bicyclic) bond motifs is 1. The summed E-state index contributed by atoms with van der Waals surface area (Å²) in [4.78, 5) is 30.1. The van der Waals surface area contributed by atoms with E-state index in [0.29, 0.717) is 11.1 Å². The largest absolute Gasteiger partial charge is 0.320 e. The maximum Gasteiger partial charge on any atom is 0.268 e. The second kappa shape index (κ2) is 9.18. The maximum absolute atomic E-state index is 13.6. The molecule has 1 atom stereocenters. The summed E-state index contributed by atoms with van der Waals surface area (Å²) in [7, 11) is 0. The van der Waals surface area contributed by atoms with Crippen molar-refractivity contribution in [2.75, 3.05) is 6.54 Å². The summed E-state index contributed by atoms with van der Waals surface area (Å²) in [5, 5.41) is 11.2. The summed E-state index contributed by atoms with van der Waals surface area (Å²) in [5.74, 6) is 1.96. The van der Waals surface area contributed by atoms with Gasteiger partial charge in [-0.3, -0.25) is 14.6 Å². The number of nitrogens with zero attached hydrogens (tertiary/aromatic N) is 3. The summed E-state index contributed by atoms with van der Waals surface area (Å²) in [6.45, 7) is -0.796. The number of benzene rings is 2. The molecule has 0 aliphatic carbocycles. The lowest BCUT2D eigenvalue weighted by Crippen LogP contribution is -2.36. The quantitative estimate of drug-likeness (QED) is 0.444. The van der Waals surface area contributed by atoms with Gasteiger partial charge in [0.05, 0.1) is 18.2 Å². The molecule has 1 aromatic heterocycles. The molecule has 1 aliphatic heterocycles. The van der Waals surface area contributed by atoms with Crippen LogP contribution in [0.4, 0.5) is 8.78 Å². The molecule has 0 unspecified atom stereocenters. The number of carbonyl (C=O) groups is 2. The Morgan fingerprint density at radius 1 is 1.09 bits per heavy atom. The fourth-order valence-corrected chi connectivity index (χ4v) is 3.84. The smallest absolute Gasteiger partial charge is 0.268 e. The van der Waals surface area contributed by atoms with Crippen molar-refractivity contribution in [2.24, 2.45) is 0 Å². The normalized spacial score (nSPS) is 16.6. The zero-order chi connectivity index (χ0) is 23.4. The molecule has 0 radical (unpaired) electrons. The van der Waals surface area contributed by atoms with Crippen LogP contribution in [0.5, 0.6) is 0 Å². The molecule has 33 heavy (non-hydrogen) atoms. The number of rotatable bonds is 4. The van der Waals surface area contributed by atoms with Crippen LogP contribution >= 0.6 is 0 Å². The Labute approximate surface area is 189 Å². The summed E-state index contributed by atoms with van der Waals surface area (Å²) < 4.78 is 27.2. The van der Waals surface area contributed by atoms with Crippen molar-refractivity contribution in [3.63, 3.8) is 0 Å². The molecule has 4 rings (SSSR count). The van der Waals surface area contributed by atoms with Crippen LogP contribution in [0.2, 0.25) is 0 Å². The van der Waals surface area contributed by atoms with Gasteiger partial charge in [-0.15, -0.1) is 0 Å². The van der Waals surface area contributed by atoms with Gasteiger partial charge >= 0.3 is 0 Å². The highest BCUT2D eigenvalue weighted by Gasteiger charge is 2.47. The Bertz CT molecular complexity index is 1330. The minimum Gasteiger partial charge on any atom is -0.320 e. The molecule has 164 valence electrons. The lowest BCUT2D eigenvalue weighted by molar-refractivity contribution is -0.132. The molecule has 0 spiro atoms. The monoisotopic (exact) mass is 443 g/mol. The van der Waals surface area contributed by atoms with E-state index in [9.17, 15) is 18.4 Å². The van der Waals surface area contributed by atoms with Crippen LogP contribution in [-0.4, -0.2) is 40.1 Å². The Morgan fingerprint density at radius 2 is 1.88 bits per heavy atom. The third-order valence-electron chi connectivity index (χ3n) is 5.52. The third-order valence-corrected chi connectivity index (χ3v) is 5.52. The van der Waals surface area contributed by atoms with Crippen molar-refractivity contribution in [1.29, 1.82) is 5.26 Å². The van der Waals surface area contributed by atoms with E-state index < -0.39 is 30.8 Å². The molecule has 0 bridgehead atoms. The predicted octanol–water partition coefficient (Wildman–Crippen LogP) is 4.36. The fourth-order valence-electron chi connectivity index (χ4n) is 3.84. The molecule has 5 nitrogen and oxygen atoms in total. The van der Waals surface area contributed by atoms with Gasteiger partial charge < -0.3 is 4.90 Å². The summed E-state index contributed by atoms with van der Waals surface area (Å²) in [5.41, 5.74) is 1.52. The van der Waals surface area contributed by atoms with E-state index in [2.05, 4.69) is 16.8 Å². The number of likely N-dealkylation sites (tertiary alicyclic amines) is 1. The second-order valence-corrected chi connectivity index (χ2v) is 7.88. The second-order valence-electron chi connectivity index (χ2n) is 7.88. The summed E-state index contributed by atoms with van der Waals surface area (Å²) >= 11 is 0. The Kier molecular flexibility index (Phi) is 6.15. The number of nitriles is 1. The minimum absolute atomic E-state index is 0.173. The maximum atomic E-state index is 13.6. The first-order valence-electron chi connectivity index (χ1n) is 10.4. The number of pyridine rings is 1. The van der Waals surface area contributed by atoms with E-state index in [1.807, 2.05) is 42.5 Å². The molecular weight excluding hydrogens is 424 g/mol. The van der Waals surface area contributed by atoms with E-state index >= 15 is 0 Å². The lowest BCUT2D eigenvalue weighted by Gasteiger charge is -2.18. The summed E-state index contributed by atoms with van der Waals surface area (Å²) in [6, 6.07) is 15.8. The highest BCUT2D eigenvalue weighted by Crippen LogP contribution is 2.32. The number of amides is 1. The van der Waals surface area contributed by atoms with Crippen molar-refractivity contribution in [2.45, 2.75) is 31.2 Å². The van der Waals surface area contributed by atoms with E-state index in [0.717, 1.165) is 21.2 Å². The van der Waals surface area contributed by atoms with Crippen molar-refractivity contribution in [3.8, 4) is 17.9 Å². The van der Waals surface area contributed by atoms with E-state index in [1.165, 1.54) is 18.5 Å². The third kappa shape index (κ3) is 5.05. The Morgan fingerprint density at radius 3 is 2.67 bits per heavy atom. The van der Waals surface area contributed by atoms with Crippen LogP contribution in [0.3, 0.4) is 0 Å². The number of Topliss-reactive ketones (excluding diaryl/α,β-unsaturated/α-hetero) is 1. The average molecular weight is 443 g/mol. The van der Waals surface area contributed by atoms with Gasteiger partial charge in [0.1, 0.15) is 6.04 Å².